The lowest BCUT2D eigenvalue weighted by molar-refractivity contribution is -0.157. The van der Waals surface area contributed by atoms with Crippen molar-refractivity contribution in [3.63, 3.8) is 0 Å². The molecular weight excluding hydrogens is 290 g/mol. The fraction of sp³-hybridized carbons (Fsp3) is 0.400. The summed E-state index contributed by atoms with van der Waals surface area (Å²) in [6.45, 7) is 8.58. The van der Waals surface area contributed by atoms with Crippen molar-refractivity contribution in [3.8, 4) is 0 Å². The molecule has 0 heterocycles. The molecule has 6 heteroatoms. The van der Waals surface area contributed by atoms with Gasteiger partial charge in [-0.25, -0.2) is 13.2 Å². The summed E-state index contributed by atoms with van der Waals surface area (Å²) in [6, 6.07) is 7.52. The molecule has 0 aliphatic carbocycles. The number of ether oxygens (including phenoxy) is 1. The Balaban J connectivity index is 3.07. The number of esters is 1. The molecule has 116 valence electrons. The van der Waals surface area contributed by atoms with Crippen LogP contribution in [0.2, 0.25) is 0 Å². The van der Waals surface area contributed by atoms with E-state index in [2.05, 4.69) is 11.3 Å². The van der Waals surface area contributed by atoms with E-state index < -0.39 is 27.6 Å². The highest BCUT2D eigenvalue weighted by molar-refractivity contribution is 7.89. The molecule has 1 N–H and O–H groups in total. The van der Waals surface area contributed by atoms with Crippen LogP contribution in [0.15, 0.2) is 43.0 Å². The molecule has 0 aliphatic rings. The summed E-state index contributed by atoms with van der Waals surface area (Å²) in [5.74, 6) is -0.902. The van der Waals surface area contributed by atoms with E-state index in [-0.39, 0.29) is 5.75 Å². The maximum atomic E-state index is 12.3. The van der Waals surface area contributed by atoms with Crippen LogP contribution in [0.5, 0.6) is 0 Å². The number of benzene rings is 1. The number of carbonyl (C=O) groups is 1. The molecule has 5 nitrogen and oxygen atoms in total. The molecule has 0 fully saturated rings. The van der Waals surface area contributed by atoms with E-state index in [4.69, 9.17) is 4.74 Å². The summed E-state index contributed by atoms with van der Waals surface area (Å²) in [4.78, 5) is 12.3. The van der Waals surface area contributed by atoms with E-state index in [0.29, 0.717) is 5.56 Å². The number of nitrogens with one attached hydrogen (secondary N) is 1. The minimum absolute atomic E-state index is 0.265. The van der Waals surface area contributed by atoms with Crippen molar-refractivity contribution in [1.82, 2.24) is 4.72 Å². The Kier molecular flexibility index (Phi) is 5.69. The monoisotopic (exact) mass is 311 g/mol. The second-order valence-corrected chi connectivity index (χ2v) is 7.36. The molecule has 0 bridgehead atoms. The van der Waals surface area contributed by atoms with Gasteiger partial charge in [-0.3, -0.25) is 0 Å². The Morgan fingerprint density at radius 3 is 2.38 bits per heavy atom. The highest BCUT2D eigenvalue weighted by atomic mass is 32.2. The van der Waals surface area contributed by atoms with Crippen molar-refractivity contribution in [1.29, 1.82) is 0 Å². The molecule has 0 aliphatic heterocycles. The summed E-state index contributed by atoms with van der Waals surface area (Å²) >= 11 is 0. The SMILES string of the molecule is C=CCS(=O)(=O)N[C@H](C(=O)OC(C)(C)C)c1ccccc1. The molecule has 1 aromatic rings. The number of hydrogen-bond donors (Lipinski definition) is 1. The highest BCUT2D eigenvalue weighted by Crippen LogP contribution is 2.19. The molecule has 0 saturated carbocycles. The lowest BCUT2D eigenvalue weighted by atomic mass is 10.1. The maximum absolute atomic E-state index is 12.3. The van der Waals surface area contributed by atoms with Crippen molar-refractivity contribution in [2.24, 2.45) is 0 Å². The zero-order chi connectivity index (χ0) is 16.1. The molecule has 1 rings (SSSR count). The molecule has 21 heavy (non-hydrogen) atoms. The molecule has 0 amide bonds. The highest BCUT2D eigenvalue weighted by Gasteiger charge is 2.29. The minimum Gasteiger partial charge on any atom is -0.459 e. The Bertz CT molecular complexity index is 588. The van der Waals surface area contributed by atoms with Gasteiger partial charge in [-0.1, -0.05) is 36.4 Å². The fourth-order valence-corrected chi connectivity index (χ4v) is 2.64. The van der Waals surface area contributed by atoms with Crippen molar-refractivity contribution < 1.29 is 17.9 Å². The van der Waals surface area contributed by atoms with Crippen LogP contribution < -0.4 is 4.72 Å². The molecule has 0 saturated heterocycles. The number of carbonyl (C=O) groups excluding carboxylic acids is 1. The Hall–Kier alpha value is -1.66. The number of hydrogen-bond acceptors (Lipinski definition) is 4. The summed E-state index contributed by atoms with van der Waals surface area (Å²) < 4.78 is 31.4. The number of sulfonamides is 1. The van der Waals surface area contributed by atoms with Crippen LogP contribution in [-0.2, 0) is 19.6 Å². The zero-order valence-electron chi connectivity index (χ0n) is 12.5. The van der Waals surface area contributed by atoms with Crippen LogP contribution in [0.1, 0.15) is 32.4 Å². The Morgan fingerprint density at radius 2 is 1.90 bits per heavy atom. The first kappa shape index (κ1) is 17.4. The third-order valence-electron chi connectivity index (χ3n) is 2.41. The van der Waals surface area contributed by atoms with E-state index in [1.165, 1.54) is 6.08 Å². The van der Waals surface area contributed by atoms with Gasteiger partial charge in [-0.2, -0.15) is 4.72 Å². The topological polar surface area (TPSA) is 72.5 Å². The lowest BCUT2D eigenvalue weighted by Gasteiger charge is -2.24. The van der Waals surface area contributed by atoms with E-state index in [1.54, 1.807) is 51.1 Å². The summed E-state index contributed by atoms with van der Waals surface area (Å²) in [7, 11) is -3.65. The minimum atomic E-state index is -3.65. The molecule has 0 aromatic heterocycles. The third-order valence-corrected chi connectivity index (χ3v) is 3.68. The van der Waals surface area contributed by atoms with Crippen molar-refractivity contribution in [2.75, 3.05) is 5.75 Å². The predicted octanol–water partition coefficient (Wildman–Crippen LogP) is 2.17. The molecule has 0 spiro atoms. The van der Waals surface area contributed by atoms with Crippen LogP contribution in [-0.4, -0.2) is 25.7 Å². The van der Waals surface area contributed by atoms with Crippen LogP contribution in [0.25, 0.3) is 0 Å². The zero-order valence-corrected chi connectivity index (χ0v) is 13.3. The summed E-state index contributed by atoms with van der Waals surface area (Å²) in [5.41, 5.74) is -0.173. The van der Waals surface area contributed by atoms with Gasteiger partial charge in [0.05, 0.1) is 5.75 Å². The first-order chi connectivity index (χ1) is 9.64. The Labute approximate surface area is 126 Å². The molecule has 1 atom stereocenters. The Morgan fingerprint density at radius 1 is 1.33 bits per heavy atom. The van der Waals surface area contributed by atoms with Crippen molar-refractivity contribution in [3.05, 3.63) is 48.6 Å². The normalized spacial score (nSPS) is 13.5. The van der Waals surface area contributed by atoms with Gasteiger partial charge in [-0.05, 0) is 26.3 Å². The fourth-order valence-electron chi connectivity index (χ4n) is 1.64. The molecule has 0 unspecified atom stereocenters. The van der Waals surface area contributed by atoms with Gasteiger partial charge in [0.1, 0.15) is 11.6 Å². The second kappa shape index (κ2) is 6.87. The lowest BCUT2D eigenvalue weighted by Crippen LogP contribution is -2.38. The van der Waals surface area contributed by atoms with Crippen LogP contribution in [0.4, 0.5) is 0 Å². The van der Waals surface area contributed by atoms with Gasteiger partial charge in [0.2, 0.25) is 10.0 Å². The van der Waals surface area contributed by atoms with Crippen LogP contribution in [0.3, 0.4) is 0 Å². The smallest absolute Gasteiger partial charge is 0.329 e. The van der Waals surface area contributed by atoms with E-state index in [9.17, 15) is 13.2 Å². The van der Waals surface area contributed by atoms with Crippen LogP contribution >= 0.6 is 0 Å². The molecule has 1 aromatic carbocycles. The van der Waals surface area contributed by atoms with E-state index in [0.717, 1.165) is 0 Å². The van der Waals surface area contributed by atoms with Gasteiger partial charge < -0.3 is 4.74 Å². The quantitative estimate of drug-likeness (QED) is 0.645. The average molecular weight is 311 g/mol. The van der Waals surface area contributed by atoms with Gasteiger partial charge in [0.25, 0.3) is 0 Å². The van der Waals surface area contributed by atoms with Gasteiger partial charge in [-0.15, -0.1) is 6.58 Å². The van der Waals surface area contributed by atoms with Crippen molar-refractivity contribution >= 4 is 16.0 Å². The third kappa shape index (κ3) is 6.10. The molecule has 0 radical (unpaired) electrons. The largest absolute Gasteiger partial charge is 0.459 e. The van der Waals surface area contributed by atoms with E-state index >= 15 is 0 Å². The predicted molar refractivity (Wildman–Crippen MR) is 82.1 cm³/mol. The summed E-state index contributed by atoms with van der Waals surface area (Å²) in [5, 5.41) is 0. The first-order valence-corrected chi connectivity index (χ1v) is 8.18. The van der Waals surface area contributed by atoms with Crippen LogP contribution in [0, 0.1) is 0 Å². The molecular formula is C15H21NO4S. The van der Waals surface area contributed by atoms with Gasteiger partial charge in [0.15, 0.2) is 0 Å². The van der Waals surface area contributed by atoms with Gasteiger partial charge in [0, 0.05) is 0 Å². The second-order valence-electron chi connectivity index (χ2n) is 5.57. The average Bonchev–Trinajstić information content (AvgIpc) is 2.35. The van der Waals surface area contributed by atoms with E-state index in [1.807, 2.05) is 0 Å². The first-order valence-electron chi connectivity index (χ1n) is 6.53. The summed E-state index contributed by atoms with van der Waals surface area (Å²) in [6.07, 6.45) is 1.26. The number of rotatable bonds is 6. The standard InChI is InChI=1S/C15H21NO4S/c1-5-11-21(18,19)16-13(12-9-7-6-8-10-12)14(17)20-15(2,3)4/h5-10,13,16H,1,11H2,2-4H3/t13-/m0/s1. The maximum Gasteiger partial charge on any atom is 0.329 e. The van der Waals surface area contributed by atoms with Gasteiger partial charge >= 0.3 is 5.97 Å². The van der Waals surface area contributed by atoms with Crippen molar-refractivity contribution in [2.45, 2.75) is 32.4 Å².